The quantitative estimate of drug-likeness (QED) is 0.155. The fourth-order valence-electron chi connectivity index (χ4n) is 4.20. The average Bonchev–Trinajstić information content (AvgIpc) is 2.68. The Morgan fingerprint density at radius 1 is 0.750 bits per heavy atom. The third-order valence-electron chi connectivity index (χ3n) is 5.59. The molecule has 160 valence electrons. The van der Waals surface area contributed by atoms with Gasteiger partial charge in [-0.25, -0.2) is 0 Å². The van der Waals surface area contributed by atoms with E-state index in [0.29, 0.717) is 16.3 Å². The third-order valence-corrected chi connectivity index (χ3v) is 8.87. The Labute approximate surface area is 178 Å². The second-order valence-electron chi connectivity index (χ2n) is 8.70. The number of benzene rings is 1. The van der Waals surface area contributed by atoms with Crippen LogP contribution in [-0.4, -0.2) is 21.5 Å². The highest BCUT2D eigenvalue weighted by atomic mass is 32.2. The average molecular weight is 406 g/mol. The molecule has 0 fully saturated rings. The Bertz CT molecular complexity index is 500. The fraction of sp³-hybridized carbons (Fsp3) is 0.731. The number of ketones is 1. The van der Waals surface area contributed by atoms with Crippen LogP contribution in [0.15, 0.2) is 30.3 Å². The van der Waals surface area contributed by atoms with Gasteiger partial charge in [-0.15, -0.1) is 0 Å². The molecule has 1 unspecified atom stereocenters. The predicted octanol–water partition coefficient (Wildman–Crippen LogP) is 7.98. The van der Waals surface area contributed by atoms with Crippen molar-refractivity contribution in [3.63, 3.8) is 0 Å². The standard InChI is InChI=1S/C26H45OS/c1-6-7-8-9-10-11-12-13-14-18-21-25(28(22(2)3)23(4)5)26(27)24-19-16-15-17-20-24/h15-17,19-20,22-23,25H,6-14,18,21H2,1-5H3/q+1. The Morgan fingerprint density at radius 3 is 1.68 bits per heavy atom. The number of unbranched alkanes of at least 4 members (excludes halogenated alkanes) is 9. The minimum Gasteiger partial charge on any atom is -0.288 e. The molecule has 0 N–H and O–H groups in total. The molecule has 0 aliphatic heterocycles. The van der Waals surface area contributed by atoms with Gasteiger partial charge in [0.25, 0.3) is 0 Å². The van der Waals surface area contributed by atoms with Crippen LogP contribution in [0.25, 0.3) is 0 Å². The minimum atomic E-state index is 0.141. The molecule has 0 saturated heterocycles. The highest BCUT2D eigenvalue weighted by Gasteiger charge is 2.41. The molecule has 0 spiro atoms. The van der Waals surface area contributed by atoms with Crippen LogP contribution in [0.3, 0.4) is 0 Å². The summed E-state index contributed by atoms with van der Waals surface area (Å²) in [7, 11) is 0.141. The first kappa shape index (κ1) is 25.3. The zero-order valence-corrected chi connectivity index (χ0v) is 20.0. The van der Waals surface area contributed by atoms with Crippen LogP contribution in [0.5, 0.6) is 0 Å². The van der Waals surface area contributed by atoms with Crippen molar-refractivity contribution in [2.75, 3.05) is 0 Å². The maximum absolute atomic E-state index is 13.3. The highest BCUT2D eigenvalue weighted by molar-refractivity contribution is 7.99. The molecule has 0 radical (unpaired) electrons. The topological polar surface area (TPSA) is 17.1 Å². The maximum atomic E-state index is 13.3. The second kappa shape index (κ2) is 15.1. The molecule has 0 aliphatic carbocycles. The van der Waals surface area contributed by atoms with Crippen molar-refractivity contribution in [1.82, 2.24) is 0 Å². The number of Topliss-reactive ketones (excluding diaryl/α,β-unsaturated/α-hetero) is 1. The summed E-state index contributed by atoms with van der Waals surface area (Å²) in [6.45, 7) is 11.5. The van der Waals surface area contributed by atoms with Crippen molar-refractivity contribution in [3.05, 3.63) is 35.9 Å². The number of hydrogen-bond donors (Lipinski definition) is 0. The molecule has 1 rings (SSSR count). The first-order chi connectivity index (χ1) is 13.5. The van der Waals surface area contributed by atoms with Gasteiger partial charge in [-0.2, -0.15) is 0 Å². The van der Waals surface area contributed by atoms with E-state index in [9.17, 15) is 4.79 Å². The van der Waals surface area contributed by atoms with Gasteiger partial charge in [-0.05, 0) is 34.1 Å². The van der Waals surface area contributed by atoms with Crippen LogP contribution in [0, 0.1) is 0 Å². The molecular formula is C26H45OS+. The van der Waals surface area contributed by atoms with Gasteiger partial charge in [-0.3, -0.25) is 4.79 Å². The summed E-state index contributed by atoms with van der Waals surface area (Å²) >= 11 is 0. The first-order valence-electron chi connectivity index (χ1n) is 11.8. The summed E-state index contributed by atoms with van der Waals surface area (Å²) in [5.41, 5.74) is 0.901. The molecule has 1 aromatic rings. The van der Waals surface area contributed by atoms with Crippen molar-refractivity contribution >= 4 is 16.7 Å². The Morgan fingerprint density at radius 2 is 1.21 bits per heavy atom. The van der Waals surface area contributed by atoms with E-state index in [0.717, 1.165) is 12.0 Å². The Hall–Kier alpha value is -0.760. The number of hydrogen-bond acceptors (Lipinski definition) is 1. The molecule has 28 heavy (non-hydrogen) atoms. The number of rotatable bonds is 16. The van der Waals surface area contributed by atoms with E-state index >= 15 is 0 Å². The van der Waals surface area contributed by atoms with Crippen molar-refractivity contribution in [2.45, 2.75) is 121 Å². The number of carbonyl (C=O) groups excluding carboxylic acids is 1. The Kier molecular flexibility index (Phi) is 13.7. The molecule has 0 bridgehead atoms. The summed E-state index contributed by atoms with van der Waals surface area (Å²) in [5.74, 6) is 0.377. The van der Waals surface area contributed by atoms with Gasteiger partial charge >= 0.3 is 0 Å². The van der Waals surface area contributed by atoms with Crippen molar-refractivity contribution in [2.24, 2.45) is 0 Å². The first-order valence-corrected chi connectivity index (χ1v) is 13.2. The fourth-order valence-corrected chi connectivity index (χ4v) is 7.42. The molecule has 1 aromatic carbocycles. The summed E-state index contributed by atoms with van der Waals surface area (Å²) < 4.78 is 0. The predicted molar refractivity (Wildman–Crippen MR) is 129 cm³/mol. The van der Waals surface area contributed by atoms with Gasteiger partial charge < -0.3 is 0 Å². The lowest BCUT2D eigenvalue weighted by atomic mass is 10.0. The van der Waals surface area contributed by atoms with E-state index in [2.05, 4.69) is 34.6 Å². The van der Waals surface area contributed by atoms with E-state index in [-0.39, 0.29) is 16.1 Å². The highest BCUT2D eigenvalue weighted by Crippen LogP contribution is 2.26. The van der Waals surface area contributed by atoms with Crippen LogP contribution < -0.4 is 0 Å². The van der Waals surface area contributed by atoms with Crippen molar-refractivity contribution < 1.29 is 4.79 Å². The van der Waals surface area contributed by atoms with E-state index in [1.54, 1.807) is 0 Å². The molecule has 0 heterocycles. The normalized spacial score (nSPS) is 12.9. The van der Waals surface area contributed by atoms with Gasteiger partial charge in [0.05, 0.1) is 0 Å². The third kappa shape index (κ3) is 9.63. The maximum Gasteiger partial charge on any atom is 0.214 e. The van der Waals surface area contributed by atoms with Crippen molar-refractivity contribution in [3.8, 4) is 0 Å². The minimum absolute atomic E-state index is 0.141. The largest absolute Gasteiger partial charge is 0.288 e. The van der Waals surface area contributed by atoms with Gasteiger partial charge in [0.15, 0.2) is 5.25 Å². The monoisotopic (exact) mass is 405 g/mol. The van der Waals surface area contributed by atoms with E-state index in [1.807, 2.05) is 30.3 Å². The molecule has 1 nitrogen and oxygen atoms in total. The van der Waals surface area contributed by atoms with Gasteiger partial charge in [0.1, 0.15) is 10.5 Å². The lowest BCUT2D eigenvalue weighted by molar-refractivity contribution is 0.0984. The number of carbonyl (C=O) groups is 1. The van der Waals surface area contributed by atoms with Gasteiger partial charge in [-0.1, -0.05) is 95.0 Å². The SMILES string of the molecule is CCCCCCCCCCCCC(C(=O)c1ccccc1)[S+](C(C)C)C(C)C. The summed E-state index contributed by atoms with van der Waals surface area (Å²) in [5, 5.41) is 1.33. The van der Waals surface area contributed by atoms with Crippen molar-refractivity contribution in [1.29, 1.82) is 0 Å². The molecule has 0 aliphatic rings. The van der Waals surface area contributed by atoms with E-state index in [4.69, 9.17) is 0 Å². The lowest BCUT2D eigenvalue weighted by Gasteiger charge is -2.24. The molecule has 0 amide bonds. The van der Waals surface area contributed by atoms with E-state index < -0.39 is 0 Å². The summed E-state index contributed by atoms with van der Waals surface area (Å²) in [6, 6.07) is 9.98. The van der Waals surface area contributed by atoms with Crippen LogP contribution in [0.2, 0.25) is 0 Å². The van der Waals surface area contributed by atoms with Crippen LogP contribution >= 0.6 is 0 Å². The Balaban J connectivity index is 2.49. The molecule has 0 aromatic heterocycles. The van der Waals surface area contributed by atoms with Crippen LogP contribution in [-0.2, 0) is 10.9 Å². The van der Waals surface area contributed by atoms with Crippen LogP contribution in [0.4, 0.5) is 0 Å². The summed E-state index contributed by atoms with van der Waals surface area (Å²) in [6.07, 6.45) is 14.6. The zero-order valence-electron chi connectivity index (χ0n) is 19.2. The smallest absolute Gasteiger partial charge is 0.214 e. The van der Waals surface area contributed by atoms with Gasteiger partial charge in [0, 0.05) is 22.9 Å². The second-order valence-corrected chi connectivity index (χ2v) is 12.0. The van der Waals surface area contributed by atoms with Crippen LogP contribution in [0.1, 0.15) is 116 Å². The molecular weight excluding hydrogens is 360 g/mol. The van der Waals surface area contributed by atoms with Gasteiger partial charge in [0.2, 0.25) is 5.78 Å². The molecule has 0 saturated carbocycles. The lowest BCUT2D eigenvalue weighted by Crippen LogP contribution is -2.40. The van der Waals surface area contributed by atoms with E-state index in [1.165, 1.54) is 64.2 Å². The molecule has 1 atom stereocenters. The zero-order chi connectivity index (χ0) is 20.8. The summed E-state index contributed by atoms with van der Waals surface area (Å²) in [4.78, 5) is 13.3. The molecule has 2 heteroatoms.